The van der Waals surface area contributed by atoms with E-state index in [-0.39, 0.29) is 11.9 Å². The molecule has 0 saturated carbocycles. The Morgan fingerprint density at radius 1 is 1.00 bits per heavy atom. The molecule has 0 aliphatic heterocycles. The molecule has 1 heterocycles. The summed E-state index contributed by atoms with van der Waals surface area (Å²) in [5.41, 5.74) is 4.21. The van der Waals surface area contributed by atoms with Crippen molar-refractivity contribution in [2.45, 2.75) is 19.4 Å². The zero-order valence-corrected chi connectivity index (χ0v) is 18.0. The topological polar surface area (TPSA) is 45.2 Å². The summed E-state index contributed by atoms with van der Waals surface area (Å²) >= 11 is 1.68. The minimum Gasteiger partial charge on any atom is -0.325 e. The molecule has 0 unspecified atom stereocenters. The zero-order valence-electron chi connectivity index (χ0n) is 17.2. The highest BCUT2D eigenvalue weighted by Gasteiger charge is 2.19. The number of carbonyl (C=O) groups is 1. The molecule has 0 aliphatic rings. The van der Waals surface area contributed by atoms with E-state index < -0.39 is 0 Å². The zero-order chi connectivity index (χ0) is 20.9. The lowest BCUT2D eigenvalue weighted by molar-refractivity contribution is -0.117. The lowest BCUT2D eigenvalue weighted by Gasteiger charge is -2.22. The second-order valence-electron chi connectivity index (χ2n) is 7.48. The Bertz CT molecular complexity index is 1110. The van der Waals surface area contributed by atoms with Crippen molar-refractivity contribution in [3.63, 3.8) is 0 Å². The molecule has 1 amide bonds. The van der Waals surface area contributed by atoms with Crippen LogP contribution >= 0.6 is 11.3 Å². The summed E-state index contributed by atoms with van der Waals surface area (Å²) < 4.78 is 1.17. The van der Waals surface area contributed by atoms with Crippen LogP contribution in [0, 0.1) is 0 Å². The Balaban J connectivity index is 1.42. The first-order valence-corrected chi connectivity index (χ1v) is 10.9. The Labute approximate surface area is 181 Å². The van der Waals surface area contributed by atoms with E-state index in [9.17, 15) is 4.79 Å². The molecule has 30 heavy (non-hydrogen) atoms. The standard InChI is InChI=1S/C25H25N3OS/c1-18(25-27-22-14-8-9-15-23(22)30-25)28(2)17-24(29)26-21-13-7-6-12-20(21)16-19-10-4-3-5-11-19/h3-15,18H,16-17H2,1-2H3,(H,26,29)/t18-/m1/s1. The highest BCUT2D eigenvalue weighted by atomic mass is 32.1. The van der Waals surface area contributed by atoms with Crippen LogP contribution in [0.4, 0.5) is 5.69 Å². The number of amides is 1. The maximum absolute atomic E-state index is 12.8. The number of likely N-dealkylation sites (N-methyl/N-ethyl adjacent to an activating group) is 1. The van der Waals surface area contributed by atoms with E-state index in [2.05, 4.69) is 36.5 Å². The number of para-hydroxylation sites is 2. The van der Waals surface area contributed by atoms with Crippen molar-refractivity contribution in [2.75, 3.05) is 18.9 Å². The van der Waals surface area contributed by atoms with Gasteiger partial charge in [-0.2, -0.15) is 0 Å². The van der Waals surface area contributed by atoms with Crippen LogP contribution < -0.4 is 5.32 Å². The number of benzene rings is 3. The van der Waals surface area contributed by atoms with Crippen LogP contribution in [0.3, 0.4) is 0 Å². The molecule has 1 N–H and O–H groups in total. The minimum absolute atomic E-state index is 0.0222. The summed E-state index contributed by atoms with van der Waals surface area (Å²) in [6.07, 6.45) is 0.787. The van der Waals surface area contributed by atoms with Crippen LogP contribution in [0.1, 0.15) is 29.1 Å². The number of carbonyl (C=O) groups excluding carboxylic acids is 1. The lowest BCUT2D eigenvalue weighted by atomic mass is 10.0. The molecule has 0 spiro atoms. The maximum Gasteiger partial charge on any atom is 0.238 e. The smallest absolute Gasteiger partial charge is 0.238 e. The summed E-state index contributed by atoms with van der Waals surface area (Å²) in [7, 11) is 1.96. The highest BCUT2D eigenvalue weighted by molar-refractivity contribution is 7.18. The molecule has 0 aliphatic carbocycles. The van der Waals surface area contributed by atoms with Gasteiger partial charge < -0.3 is 5.32 Å². The third kappa shape index (κ3) is 4.75. The van der Waals surface area contributed by atoms with E-state index >= 15 is 0 Å². The van der Waals surface area contributed by atoms with Crippen molar-refractivity contribution in [1.29, 1.82) is 0 Å². The fourth-order valence-corrected chi connectivity index (χ4v) is 4.51. The van der Waals surface area contributed by atoms with Gasteiger partial charge in [-0.15, -0.1) is 11.3 Å². The Morgan fingerprint density at radius 3 is 2.50 bits per heavy atom. The van der Waals surface area contributed by atoms with Crippen LogP contribution in [-0.4, -0.2) is 29.4 Å². The van der Waals surface area contributed by atoms with E-state index in [0.717, 1.165) is 28.2 Å². The van der Waals surface area contributed by atoms with Gasteiger partial charge in [-0.3, -0.25) is 9.69 Å². The number of nitrogens with one attached hydrogen (secondary N) is 1. The number of fused-ring (bicyclic) bond motifs is 1. The SMILES string of the molecule is C[C@H](c1nc2ccccc2s1)N(C)CC(=O)Nc1ccccc1Cc1ccccc1. The molecule has 0 bridgehead atoms. The first-order valence-electron chi connectivity index (χ1n) is 10.1. The first kappa shape index (κ1) is 20.3. The predicted molar refractivity (Wildman–Crippen MR) is 125 cm³/mol. The number of hydrogen-bond donors (Lipinski definition) is 1. The van der Waals surface area contributed by atoms with Gasteiger partial charge in [0.05, 0.1) is 22.8 Å². The second kappa shape index (κ2) is 9.20. The van der Waals surface area contributed by atoms with Crippen molar-refractivity contribution < 1.29 is 4.79 Å². The average molecular weight is 416 g/mol. The number of anilines is 1. The van der Waals surface area contributed by atoms with E-state index in [1.807, 2.05) is 66.5 Å². The summed E-state index contributed by atoms with van der Waals surface area (Å²) in [4.78, 5) is 19.5. The minimum atomic E-state index is -0.0222. The van der Waals surface area contributed by atoms with E-state index in [1.165, 1.54) is 10.3 Å². The van der Waals surface area contributed by atoms with Crippen LogP contribution in [0.2, 0.25) is 0 Å². The molecule has 1 aromatic heterocycles. The molecule has 4 nitrogen and oxygen atoms in total. The predicted octanol–water partition coefficient (Wildman–Crippen LogP) is 5.52. The third-order valence-electron chi connectivity index (χ3n) is 5.25. The monoisotopic (exact) mass is 415 g/mol. The Morgan fingerprint density at radius 2 is 1.70 bits per heavy atom. The molecule has 5 heteroatoms. The quantitative estimate of drug-likeness (QED) is 0.432. The first-order chi connectivity index (χ1) is 14.6. The van der Waals surface area contributed by atoms with Crippen LogP contribution in [0.15, 0.2) is 78.9 Å². The molecule has 0 radical (unpaired) electrons. The number of hydrogen-bond acceptors (Lipinski definition) is 4. The molecule has 0 fully saturated rings. The average Bonchev–Trinajstić information content (AvgIpc) is 3.19. The number of rotatable bonds is 7. The van der Waals surface area contributed by atoms with E-state index in [4.69, 9.17) is 4.98 Å². The third-order valence-corrected chi connectivity index (χ3v) is 6.46. The normalized spacial score (nSPS) is 12.2. The van der Waals surface area contributed by atoms with Crippen LogP contribution in [0.25, 0.3) is 10.2 Å². The Kier molecular flexibility index (Phi) is 6.21. The van der Waals surface area contributed by atoms with Crippen molar-refractivity contribution in [2.24, 2.45) is 0 Å². The fourth-order valence-electron chi connectivity index (χ4n) is 3.42. The molecule has 4 rings (SSSR count). The number of aromatic nitrogens is 1. The molecule has 152 valence electrons. The van der Waals surface area contributed by atoms with Crippen molar-refractivity contribution in [1.82, 2.24) is 9.88 Å². The van der Waals surface area contributed by atoms with Crippen molar-refractivity contribution in [3.8, 4) is 0 Å². The summed E-state index contributed by atoms with van der Waals surface area (Å²) in [5, 5.41) is 4.12. The molecular weight excluding hydrogens is 390 g/mol. The van der Waals surface area contributed by atoms with Gasteiger partial charge in [-0.05, 0) is 49.7 Å². The van der Waals surface area contributed by atoms with Gasteiger partial charge in [0.25, 0.3) is 0 Å². The molecule has 3 aromatic carbocycles. The second-order valence-corrected chi connectivity index (χ2v) is 8.54. The van der Waals surface area contributed by atoms with Gasteiger partial charge in [-0.1, -0.05) is 60.7 Å². The molecule has 1 atom stereocenters. The van der Waals surface area contributed by atoms with E-state index in [0.29, 0.717) is 6.54 Å². The van der Waals surface area contributed by atoms with Gasteiger partial charge in [0.2, 0.25) is 5.91 Å². The largest absolute Gasteiger partial charge is 0.325 e. The molecular formula is C25H25N3OS. The summed E-state index contributed by atoms with van der Waals surface area (Å²) in [6, 6.07) is 26.5. The van der Waals surface area contributed by atoms with Gasteiger partial charge in [0.15, 0.2) is 0 Å². The van der Waals surface area contributed by atoms with Gasteiger partial charge in [0.1, 0.15) is 5.01 Å². The van der Waals surface area contributed by atoms with E-state index in [1.54, 1.807) is 11.3 Å². The van der Waals surface area contributed by atoms with Gasteiger partial charge in [-0.25, -0.2) is 4.98 Å². The van der Waals surface area contributed by atoms with Crippen molar-refractivity contribution in [3.05, 3.63) is 95.0 Å². The Hall–Kier alpha value is -3.02. The lowest BCUT2D eigenvalue weighted by Crippen LogP contribution is -2.32. The van der Waals surface area contributed by atoms with Gasteiger partial charge >= 0.3 is 0 Å². The molecule has 0 saturated heterocycles. The summed E-state index contributed by atoms with van der Waals surface area (Å²) in [6.45, 7) is 2.39. The number of thiazole rings is 1. The summed E-state index contributed by atoms with van der Waals surface area (Å²) in [5.74, 6) is -0.0222. The van der Waals surface area contributed by atoms with Crippen LogP contribution in [0.5, 0.6) is 0 Å². The van der Waals surface area contributed by atoms with Crippen LogP contribution in [-0.2, 0) is 11.2 Å². The fraction of sp³-hybridized carbons (Fsp3) is 0.200. The number of nitrogens with zero attached hydrogens (tertiary/aromatic N) is 2. The highest BCUT2D eigenvalue weighted by Crippen LogP contribution is 2.28. The van der Waals surface area contributed by atoms with Crippen molar-refractivity contribution >= 4 is 33.1 Å². The maximum atomic E-state index is 12.8. The molecule has 4 aromatic rings. The van der Waals surface area contributed by atoms with Gasteiger partial charge in [0, 0.05) is 5.69 Å².